The second kappa shape index (κ2) is 6.36. The Kier molecular flexibility index (Phi) is 4.74. The third-order valence-electron chi connectivity index (χ3n) is 3.07. The lowest BCUT2D eigenvalue weighted by molar-refractivity contribution is 0.0531. The van der Waals surface area contributed by atoms with E-state index in [0.717, 1.165) is 15.8 Å². The second-order valence-corrected chi connectivity index (χ2v) is 5.88. The van der Waals surface area contributed by atoms with Gasteiger partial charge in [0.25, 0.3) is 0 Å². The molecule has 0 aromatic carbocycles. The van der Waals surface area contributed by atoms with Gasteiger partial charge >= 0.3 is 5.97 Å². The summed E-state index contributed by atoms with van der Waals surface area (Å²) in [4.78, 5) is 23.7. The van der Waals surface area contributed by atoms with Crippen LogP contribution in [-0.2, 0) is 4.74 Å². The number of fused-ring (bicyclic) bond motifs is 1. The molecule has 0 aliphatic heterocycles. The van der Waals surface area contributed by atoms with Crippen molar-refractivity contribution in [3.8, 4) is 0 Å². The lowest BCUT2D eigenvalue weighted by Crippen LogP contribution is -2.27. The fraction of sp³-hybridized carbons (Fsp3) is 0.500. The highest BCUT2D eigenvalue weighted by molar-refractivity contribution is 7.20. The smallest absolute Gasteiger partial charge is 0.348 e. The summed E-state index contributed by atoms with van der Waals surface area (Å²) >= 11 is 1.31. The number of hydrogen-bond donors (Lipinski definition) is 1. The molecule has 0 aliphatic carbocycles. The molecule has 0 saturated carbocycles. The maximum atomic E-state index is 12.0. The number of esters is 1. The topological polar surface area (TPSA) is 75.5 Å². The highest BCUT2D eigenvalue weighted by Crippen LogP contribution is 2.34. The van der Waals surface area contributed by atoms with Crippen LogP contribution in [0.5, 0.6) is 0 Å². The average molecular weight is 309 g/mol. The molecule has 0 fully saturated rings. The van der Waals surface area contributed by atoms with Gasteiger partial charge in [-0.2, -0.15) is 0 Å². The van der Waals surface area contributed by atoms with E-state index >= 15 is 0 Å². The number of anilines is 1. The Morgan fingerprint density at radius 1 is 1.52 bits per heavy atom. The van der Waals surface area contributed by atoms with Crippen molar-refractivity contribution in [2.45, 2.75) is 26.9 Å². The van der Waals surface area contributed by atoms with E-state index in [2.05, 4.69) is 9.97 Å². The third kappa shape index (κ3) is 3.14. The molecule has 2 rings (SSSR count). The molecule has 7 heteroatoms. The van der Waals surface area contributed by atoms with E-state index in [1.54, 1.807) is 13.8 Å². The minimum Gasteiger partial charge on any atom is -0.462 e. The first kappa shape index (κ1) is 15.7. The third-order valence-corrected chi connectivity index (χ3v) is 4.25. The molecular formula is C14H19N3O3S. The summed E-state index contributed by atoms with van der Waals surface area (Å²) in [6.45, 7) is 6.17. The van der Waals surface area contributed by atoms with Crippen molar-refractivity contribution in [2.75, 3.05) is 25.1 Å². The van der Waals surface area contributed by atoms with Gasteiger partial charge in [0, 0.05) is 13.6 Å². The van der Waals surface area contributed by atoms with Gasteiger partial charge < -0.3 is 14.7 Å². The van der Waals surface area contributed by atoms with Gasteiger partial charge in [-0.3, -0.25) is 0 Å². The van der Waals surface area contributed by atoms with Crippen LogP contribution in [0.3, 0.4) is 0 Å². The predicted molar refractivity (Wildman–Crippen MR) is 83.1 cm³/mol. The summed E-state index contributed by atoms with van der Waals surface area (Å²) in [6.07, 6.45) is 1.00. The van der Waals surface area contributed by atoms with Gasteiger partial charge in [0.2, 0.25) is 0 Å². The molecule has 0 spiro atoms. The minimum absolute atomic E-state index is 0.331. The van der Waals surface area contributed by atoms with Crippen molar-refractivity contribution in [1.29, 1.82) is 0 Å². The van der Waals surface area contributed by atoms with E-state index < -0.39 is 6.10 Å². The quantitative estimate of drug-likeness (QED) is 0.851. The molecule has 6 nitrogen and oxygen atoms in total. The number of hydrogen-bond acceptors (Lipinski definition) is 7. The number of rotatable bonds is 5. The summed E-state index contributed by atoms with van der Waals surface area (Å²) in [7, 11) is 1.86. The highest BCUT2D eigenvalue weighted by atomic mass is 32.1. The Morgan fingerprint density at radius 3 is 2.86 bits per heavy atom. The molecule has 2 aromatic heterocycles. The van der Waals surface area contributed by atoms with Crippen LogP contribution in [0, 0.1) is 6.92 Å². The van der Waals surface area contributed by atoms with Gasteiger partial charge in [0.1, 0.15) is 21.9 Å². The summed E-state index contributed by atoms with van der Waals surface area (Å²) in [5.74, 6) is 0.382. The predicted octanol–water partition coefficient (Wildman–Crippen LogP) is 1.99. The Bertz CT molecular complexity index is 654. The van der Waals surface area contributed by atoms with Crippen molar-refractivity contribution in [3.63, 3.8) is 0 Å². The normalized spacial score (nSPS) is 12.4. The molecule has 2 heterocycles. The number of aliphatic hydroxyl groups excluding tert-OH is 1. The average Bonchev–Trinajstić information content (AvgIpc) is 2.76. The standard InChI is InChI=1S/C14H19N3O3S/c1-5-20-14(19)11-9(3)10-12(17(4)6-8(2)18)15-7-16-13(10)21-11/h7-8,18H,5-6H2,1-4H3. The van der Waals surface area contributed by atoms with Crippen LogP contribution in [-0.4, -0.2) is 47.3 Å². The summed E-state index contributed by atoms with van der Waals surface area (Å²) in [6, 6.07) is 0. The number of ether oxygens (including phenoxy) is 1. The zero-order chi connectivity index (χ0) is 15.6. The van der Waals surface area contributed by atoms with Gasteiger partial charge in [0.15, 0.2) is 0 Å². The van der Waals surface area contributed by atoms with E-state index in [-0.39, 0.29) is 5.97 Å². The Hall–Kier alpha value is -1.73. The van der Waals surface area contributed by atoms with Gasteiger partial charge in [0.05, 0.1) is 18.1 Å². The minimum atomic E-state index is -0.469. The number of carbonyl (C=O) groups is 1. The highest BCUT2D eigenvalue weighted by Gasteiger charge is 2.21. The summed E-state index contributed by atoms with van der Waals surface area (Å²) < 4.78 is 5.07. The van der Waals surface area contributed by atoms with E-state index in [9.17, 15) is 9.90 Å². The number of aromatic nitrogens is 2. The van der Waals surface area contributed by atoms with Crippen molar-refractivity contribution < 1.29 is 14.6 Å². The number of carbonyl (C=O) groups excluding carboxylic acids is 1. The van der Waals surface area contributed by atoms with E-state index in [0.29, 0.717) is 23.8 Å². The number of thiophene rings is 1. The maximum absolute atomic E-state index is 12.0. The summed E-state index contributed by atoms with van der Waals surface area (Å²) in [5.41, 5.74) is 0.821. The second-order valence-electron chi connectivity index (χ2n) is 4.88. The fourth-order valence-electron chi connectivity index (χ4n) is 2.22. The molecule has 2 aromatic rings. The molecule has 0 radical (unpaired) electrons. The van der Waals surface area contributed by atoms with E-state index in [4.69, 9.17) is 4.74 Å². The van der Waals surface area contributed by atoms with Crippen molar-refractivity contribution in [3.05, 3.63) is 16.8 Å². The first-order valence-electron chi connectivity index (χ1n) is 6.76. The zero-order valence-electron chi connectivity index (χ0n) is 12.6. The molecule has 1 unspecified atom stereocenters. The largest absolute Gasteiger partial charge is 0.462 e. The van der Waals surface area contributed by atoms with Crippen molar-refractivity contribution in [2.24, 2.45) is 0 Å². The Labute approximate surface area is 127 Å². The van der Waals surface area contributed by atoms with Crippen molar-refractivity contribution in [1.82, 2.24) is 9.97 Å². The monoisotopic (exact) mass is 309 g/mol. The number of likely N-dealkylation sites (N-methyl/N-ethyl adjacent to an activating group) is 1. The van der Waals surface area contributed by atoms with Crippen molar-refractivity contribution >= 4 is 33.3 Å². The van der Waals surface area contributed by atoms with Crippen LogP contribution in [0.1, 0.15) is 29.1 Å². The van der Waals surface area contributed by atoms with Gasteiger partial charge in [-0.25, -0.2) is 14.8 Å². The van der Waals surface area contributed by atoms with Gasteiger partial charge in [-0.1, -0.05) is 0 Å². The van der Waals surface area contributed by atoms with Crippen LogP contribution in [0.25, 0.3) is 10.2 Å². The molecule has 21 heavy (non-hydrogen) atoms. The molecule has 1 atom stereocenters. The lowest BCUT2D eigenvalue weighted by atomic mass is 10.2. The first-order valence-corrected chi connectivity index (χ1v) is 7.57. The molecule has 1 N–H and O–H groups in total. The Morgan fingerprint density at radius 2 is 2.24 bits per heavy atom. The Balaban J connectivity index is 2.51. The SMILES string of the molecule is CCOC(=O)c1sc2ncnc(N(C)CC(C)O)c2c1C. The van der Waals surface area contributed by atoms with Crippen LogP contribution < -0.4 is 4.90 Å². The fourth-order valence-corrected chi connectivity index (χ4v) is 3.25. The maximum Gasteiger partial charge on any atom is 0.348 e. The van der Waals surface area contributed by atoms with Gasteiger partial charge in [-0.05, 0) is 26.3 Å². The number of aliphatic hydroxyl groups is 1. The zero-order valence-corrected chi connectivity index (χ0v) is 13.4. The molecule has 0 amide bonds. The lowest BCUT2D eigenvalue weighted by Gasteiger charge is -2.20. The number of nitrogens with zero attached hydrogens (tertiary/aromatic N) is 3. The van der Waals surface area contributed by atoms with E-state index in [1.165, 1.54) is 17.7 Å². The van der Waals surface area contributed by atoms with Crippen LogP contribution in [0.15, 0.2) is 6.33 Å². The van der Waals surface area contributed by atoms with Crippen LogP contribution >= 0.6 is 11.3 Å². The first-order chi connectivity index (χ1) is 9.95. The molecule has 114 valence electrons. The molecular weight excluding hydrogens is 290 g/mol. The molecule has 0 aliphatic rings. The van der Waals surface area contributed by atoms with Crippen LogP contribution in [0.2, 0.25) is 0 Å². The van der Waals surface area contributed by atoms with Gasteiger partial charge in [-0.15, -0.1) is 11.3 Å². The molecule has 0 saturated heterocycles. The summed E-state index contributed by atoms with van der Waals surface area (Å²) in [5, 5.41) is 10.4. The molecule has 0 bridgehead atoms. The van der Waals surface area contributed by atoms with Crippen LogP contribution in [0.4, 0.5) is 5.82 Å². The number of aryl methyl sites for hydroxylation is 1. The van der Waals surface area contributed by atoms with E-state index in [1.807, 2.05) is 18.9 Å².